The predicted octanol–water partition coefficient (Wildman–Crippen LogP) is 5.17. The molecule has 1 amide bonds. The SMILES string of the molecule is Cn1c(SCC(=O)Nc2cc([N+](=O)[O-])ccc2Cl)nnc1-c1cc2cc(Cl)ccc2o1. The number of non-ortho nitro benzene ring substituents is 1. The monoisotopic (exact) mass is 477 g/mol. The Morgan fingerprint density at radius 1 is 1.23 bits per heavy atom. The average molecular weight is 478 g/mol. The van der Waals surface area contributed by atoms with Gasteiger partial charge in [-0.2, -0.15) is 0 Å². The highest BCUT2D eigenvalue weighted by Crippen LogP contribution is 2.30. The first-order valence-electron chi connectivity index (χ1n) is 8.77. The molecule has 31 heavy (non-hydrogen) atoms. The molecule has 2 heterocycles. The van der Waals surface area contributed by atoms with E-state index in [-0.39, 0.29) is 22.2 Å². The number of thioether (sulfide) groups is 1. The topological polar surface area (TPSA) is 116 Å². The second-order valence-electron chi connectivity index (χ2n) is 6.42. The number of fused-ring (bicyclic) bond motifs is 1. The molecule has 1 N–H and O–H groups in total. The molecule has 0 fully saturated rings. The van der Waals surface area contributed by atoms with Crippen molar-refractivity contribution in [2.45, 2.75) is 5.16 Å². The van der Waals surface area contributed by atoms with Crippen LogP contribution in [0, 0.1) is 10.1 Å². The van der Waals surface area contributed by atoms with Gasteiger partial charge in [-0.15, -0.1) is 10.2 Å². The largest absolute Gasteiger partial charge is 0.453 e. The van der Waals surface area contributed by atoms with Crippen LogP contribution in [0.25, 0.3) is 22.6 Å². The zero-order valence-corrected chi connectivity index (χ0v) is 18.2. The van der Waals surface area contributed by atoms with Crippen LogP contribution in [0.2, 0.25) is 10.0 Å². The first-order chi connectivity index (χ1) is 14.8. The summed E-state index contributed by atoms with van der Waals surface area (Å²) in [6.07, 6.45) is 0. The van der Waals surface area contributed by atoms with Gasteiger partial charge < -0.3 is 14.3 Å². The van der Waals surface area contributed by atoms with Crippen molar-refractivity contribution in [1.29, 1.82) is 0 Å². The molecular formula is C19H13Cl2N5O4S. The van der Waals surface area contributed by atoms with Gasteiger partial charge in [0.25, 0.3) is 5.69 Å². The second kappa shape index (κ2) is 8.58. The van der Waals surface area contributed by atoms with Crippen molar-refractivity contribution in [1.82, 2.24) is 14.8 Å². The molecule has 0 spiro atoms. The number of hydrogen-bond donors (Lipinski definition) is 1. The number of furan rings is 1. The van der Waals surface area contributed by atoms with E-state index in [2.05, 4.69) is 15.5 Å². The first-order valence-corrected chi connectivity index (χ1v) is 10.5. The maximum absolute atomic E-state index is 12.3. The third-order valence-corrected chi connectivity index (χ3v) is 5.89. The fourth-order valence-corrected chi connectivity index (χ4v) is 3.87. The molecule has 0 saturated heterocycles. The highest BCUT2D eigenvalue weighted by Gasteiger charge is 2.17. The number of nitrogens with one attached hydrogen (secondary N) is 1. The number of hydrogen-bond acceptors (Lipinski definition) is 7. The van der Waals surface area contributed by atoms with E-state index in [0.717, 1.165) is 17.1 Å². The number of aromatic nitrogens is 3. The minimum Gasteiger partial charge on any atom is -0.453 e. The van der Waals surface area contributed by atoms with Crippen LogP contribution < -0.4 is 5.32 Å². The number of nitrogens with zero attached hydrogens (tertiary/aromatic N) is 4. The molecule has 4 aromatic rings. The van der Waals surface area contributed by atoms with Crippen molar-refractivity contribution in [3.63, 3.8) is 0 Å². The number of anilines is 1. The van der Waals surface area contributed by atoms with E-state index < -0.39 is 10.8 Å². The fourth-order valence-electron chi connectivity index (χ4n) is 2.82. The van der Waals surface area contributed by atoms with Gasteiger partial charge in [-0.05, 0) is 30.3 Å². The van der Waals surface area contributed by atoms with Gasteiger partial charge in [-0.3, -0.25) is 14.9 Å². The molecule has 9 nitrogen and oxygen atoms in total. The number of halogens is 2. The van der Waals surface area contributed by atoms with Crippen molar-refractivity contribution >= 4 is 63.2 Å². The molecule has 0 atom stereocenters. The lowest BCUT2D eigenvalue weighted by atomic mass is 10.2. The number of nitro groups is 1. The van der Waals surface area contributed by atoms with Crippen molar-refractivity contribution < 1.29 is 14.1 Å². The molecular weight excluding hydrogens is 465 g/mol. The van der Waals surface area contributed by atoms with Crippen LogP contribution in [0.5, 0.6) is 0 Å². The molecule has 0 bridgehead atoms. The van der Waals surface area contributed by atoms with Crippen LogP contribution in [-0.4, -0.2) is 31.3 Å². The smallest absolute Gasteiger partial charge is 0.271 e. The van der Waals surface area contributed by atoms with Gasteiger partial charge >= 0.3 is 0 Å². The summed E-state index contributed by atoms with van der Waals surface area (Å²) in [5.74, 6) is 0.625. The summed E-state index contributed by atoms with van der Waals surface area (Å²) in [5, 5.41) is 23.9. The van der Waals surface area contributed by atoms with Gasteiger partial charge in [0, 0.05) is 29.6 Å². The quantitative estimate of drug-likeness (QED) is 0.231. The summed E-state index contributed by atoms with van der Waals surface area (Å²) in [6.45, 7) is 0. The molecule has 2 aromatic heterocycles. The molecule has 0 radical (unpaired) electrons. The zero-order valence-electron chi connectivity index (χ0n) is 15.8. The van der Waals surface area contributed by atoms with E-state index in [9.17, 15) is 14.9 Å². The number of nitro benzene ring substituents is 1. The Hall–Kier alpha value is -3.08. The summed E-state index contributed by atoms with van der Waals surface area (Å²) in [7, 11) is 1.76. The normalized spacial score (nSPS) is 11.1. The van der Waals surface area contributed by atoms with Crippen LogP contribution in [0.4, 0.5) is 11.4 Å². The molecule has 12 heteroatoms. The van der Waals surface area contributed by atoms with Crippen LogP contribution in [0.15, 0.2) is 52.0 Å². The Labute approximate surface area is 189 Å². The Morgan fingerprint density at radius 2 is 2.03 bits per heavy atom. The molecule has 0 unspecified atom stereocenters. The van der Waals surface area contributed by atoms with Crippen molar-refractivity contribution in [2.75, 3.05) is 11.1 Å². The van der Waals surface area contributed by atoms with E-state index in [1.54, 1.807) is 29.8 Å². The lowest BCUT2D eigenvalue weighted by Gasteiger charge is -2.07. The molecule has 0 aliphatic carbocycles. The lowest BCUT2D eigenvalue weighted by Crippen LogP contribution is -2.15. The zero-order chi connectivity index (χ0) is 22.1. The maximum atomic E-state index is 12.3. The van der Waals surface area contributed by atoms with Crippen LogP contribution in [-0.2, 0) is 11.8 Å². The third kappa shape index (κ3) is 4.50. The first kappa shape index (κ1) is 21.2. The average Bonchev–Trinajstić information content (AvgIpc) is 3.30. The van der Waals surface area contributed by atoms with E-state index in [1.165, 1.54) is 18.2 Å². The minimum absolute atomic E-state index is 0.000727. The summed E-state index contributed by atoms with van der Waals surface area (Å²) in [6, 6.07) is 10.9. The van der Waals surface area contributed by atoms with E-state index >= 15 is 0 Å². The van der Waals surface area contributed by atoms with Gasteiger partial charge in [0.05, 0.1) is 21.4 Å². The summed E-state index contributed by atoms with van der Waals surface area (Å²) >= 11 is 13.2. The maximum Gasteiger partial charge on any atom is 0.271 e. The second-order valence-corrected chi connectivity index (χ2v) is 8.20. The highest BCUT2D eigenvalue weighted by molar-refractivity contribution is 7.99. The molecule has 0 saturated carbocycles. The van der Waals surface area contributed by atoms with Crippen LogP contribution >= 0.6 is 35.0 Å². The fraction of sp³-hybridized carbons (Fsp3) is 0.105. The Balaban J connectivity index is 1.46. The van der Waals surface area contributed by atoms with Gasteiger partial charge in [-0.1, -0.05) is 35.0 Å². The molecule has 2 aromatic carbocycles. The molecule has 158 valence electrons. The van der Waals surface area contributed by atoms with E-state index in [0.29, 0.717) is 27.3 Å². The third-order valence-electron chi connectivity index (χ3n) is 4.30. The Kier molecular flexibility index (Phi) is 5.86. The highest BCUT2D eigenvalue weighted by atomic mass is 35.5. The van der Waals surface area contributed by atoms with Crippen molar-refractivity contribution in [3.8, 4) is 11.6 Å². The van der Waals surface area contributed by atoms with Crippen LogP contribution in [0.1, 0.15) is 0 Å². The van der Waals surface area contributed by atoms with E-state index in [1.807, 2.05) is 6.07 Å². The van der Waals surface area contributed by atoms with Crippen LogP contribution in [0.3, 0.4) is 0 Å². The standard InChI is InChI=1S/C19H13Cl2N5O4S/c1-25-18(16-7-10-6-11(20)2-5-15(10)30-16)23-24-19(25)31-9-17(27)22-14-8-12(26(28)29)3-4-13(14)21/h2-8H,9H2,1H3,(H,22,27). The Morgan fingerprint density at radius 3 is 2.81 bits per heavy atom. The summed E-state index contributed by atoms with van der Waals surface area (Å²) in [4.78, 5) is 22.7. The Bertz CT molecular complexity index is 1320. The van der Waals surface area contributed by atoms with E-state index in [4.69, 9.17) is 27.6 Å². The number of amides is 1. The molecule has 0 aliphatic heterocycles. The number of carbonyl (C=O) groups excluding carboxylic acids is 1. The van der Waals surface area contributed by atoms with Gasteiger partial charge in [0.15, 0.2) is 16.7 Å². The summed E-state index contributed by atoms with van der Waals surface area (Å²) < 4.78 is 7.52. The predicted molar refractivity (Wildman–Crippen MR) is 119 cm³/mol. The minimum atomic E-state index is -0.562. The molecule has 4 rings (SSSR count). The van der Waals surface area contributed by atoms with Gasteiger partial charge in [0.1, 0.15) is 5.58 Å². The summed E-state index contributed by atoms with van der Waals surface area (Å²) in [5.41, 5.74) is 0.670. The number of carbonyl (C=O) groups is 1. The number of rotatable bonds is 6. The van der Waals surface area contributed by atoms with Gasteiger partial charge in [-0.25, -0.2) is 0 Å². The molecule has 0 aliphatic rings. The van der Waals surface area contributed by atoms with Crippen molar-refractivity contribution in [2.24, 2.45) is 7.05 Å². The lowest BCUT2D eigenvalue weighted by molar-refractivity contribution is -0.384. The van der Waals surface area contributed by atoms with Gasteiger partial charge in [0.2, 0.25) is 5.91 Å². The van der Waals surface area contributed by atoms with Crippen molar-refractivity contribution in [3.05, 3.63) is 62.6 Å². The number of benzene rings is 2.